The second-order valence-electron chi connectivity index (χ2n) is 6.02. The van der Waals surface area contributed by atoms with E-state index in [1.54, 1.807) is 10.4 Å². The molecule has 1 aliphatic heterocycles. The lowest BCUT2D eigenvalue weighted by atomic mass is 9.96. The molecule has 1 saturated heterocycles. The van der Waals surface area contributed by atoms with Crippen LogP contribution in [-0.4, -0.2) is 23.3 Å². The predicted molar refractivity (Wildman–Crippen MR) is 84.7 cm³/mol. The Morgan fingerprint density at radius 2 is 1.75 bits per heavy atom. The molecule has 1 fully saturated rings. The van der Waals surface area contributed by atoms with Crippen molar-refractivity contribution in [2.24, 2.45) is 0 Å². The van der Waals surface area contributed by atoms with Crippen molar-refractivity contribution < 1.29 is 0 Å². The zero-order chi connectivity index (χ0) is 13.4. The highest BCUT2D eigenvalue weighted by Gasteiger charge is 2.22. The van der Waals surface area contributed by atoms with Crippen LogP contribution in [0.2, 0.25) is 0 Å². The summed E-state index contributed by atoms with van der Waals surface area (Å²) in [5.74, 6) is 0. The maximum Gasteiger partial charge on any atom is 0.148 e. The van der Waals surface area contributed by atoms with Crippen molar-refractivity contribution in [1.82, 2.24) is 10.2 Å². The quantitative estimate of drug-likeness (QED) is 0.795. The summed E-state index contributed by atoms with van der Waals surface area (Å²) in [5.41, 5.74) is 2.95. The Morgan fingerprint density at radius 3 is 2.60 bits per heavy atom. The van der Waals surface area contributed by atoms with E-state index in [1.807, 2.05) is 17.5 Å². The average molecular weight is 287 g/mol. The van der Waals surface area contributed by atoms with Gasteiger partial charge in [-0.05, 0) is 44.1 Å². The Kier molecular flexibility index (Phi) is 3.34. The molecular formula is C16H21N3S. The smallest absolute Gasteiger partial charge is 0.148 e. The van der Waals surface area contributed by atoms with Gasteiger partial charge in [-0.2, -0.15) is 5.10 Å². The first-order valence-electron chi connectivity index (χ1n) is 7.94. The van der Waals surface area contributed by atoms with E-state index in [4.69, 9.17) is 0 Å². The predicted octanol–water partition coefficient (Wildman–Crippen LogP) is 3.95. The number of aryl methyl sites for hydroxylation is 2. The summed E-state index contributed by atoms with van der Waals surface area (Å²) < 4.78 is 0. The fraction of sp³-hybridized carbons (Fsp3) is 0.625. The van der Waals surface area contributed by atoms with Crippen molar-refractivity contribution in [3.63, 3.8) is 0 Å². The standard InChI is InChI=1S/C16H21N3S/c1-2-6-10-19(9-5-1)13-11-17-18-16-15(13)12-7-3-4-8-14(12)20-16/h11H,1-10H2. The van der Waals surface area contributed by atoms with Crippen LogP contribution in [0.3, 0.4) is 0 Å². The van der Waals surface area contributed by atoms with Crippen LogP contribution in [0, 0.1) is 0 Å². The van der Waals surface area contributed by atoms with Crippen LogP contribution in [0.4, 0.5) is 5.69 Å². The first kappa shape index (κ1) is 12.6. The normalized spacial score (nSPS) is 19.9. The molecule has 20 heavy (non-hydrogen) atoms. The monoisotopic (exact) mass is 287 g/mol. The number of rotatable bonds is 1. The molecule has 3 heterocycles. The van der Waals surface area contributed by atoms with E-state index in [0.717, 1.165) is 0 Å². The first-order chi connectivity index (χ1) is 9.93. The van der Waals surface area contributed by atoms with Crippen molar-refractivity contribution in [3.8, 4) is 0 Å². The minimum atomic E-state index is 1.17. The van der Waals surface area contributed by atoms with E-state index >= 15 is 0 Å². The summed E-state index contributed by atoms with van der Waals surface area (Å²) in [6.07, 6.45) is 12.5. The Balaban J connectivity index is 1.83. The maximum atomic E-state index is 4.41. The molecule has 1 aliphatic carbocycles. The molecule has 2 aliphatic rings. The highest BCUT2D eigenvalue weighted by atomic mass is 32.1. The third-order valence-electron chi connectivity index (χ3n) is 4.68. The highest BCUT2D eigenvalue weighted by molar-refractivity contribution is 7.18. The van der Waals surface area contributed by atoms with Gasteiger partial charge >= 0.3 is 0 Å². The lowest BCUT2D eigenvalue weighted by molar-refractivity contribution is 0.700. The molecule has 0 unspecified atom stereocenters. The summed E-state index contributed by atoms with van der Waals surface area (Å²) in [4.78, 5) is 5.30. The van der Waals surface area contributed by atoms with E-state index in [0.29, 0.717) is 0 Å². The van der Waals surface area contributed by atoms with Gasteiger partial charge < -0.3 is 4.90 Å². The Hall–Kier alpha value is -1.16. The maximum absolute atomic E-state index is 4.41. The number of hydrogen-bond acceptors (Lipinski definition) is 4. The van der Waals surface area contributed by atoms with Crippen LogP contribution in [0.1, 0.15) is 49.0 Å². The van der Waals surface area contributed by atoms with Gasteiger partial charge in [0.15, 0.2) is 0 Å². The number of aromatic nitrogens is 2. The zero-order valence-corrected chi connectivity index (χ0v) is 12.7. The zero-order valence-electron chi connectivity index (χ0n) is 11.9. The van der Waals surface area contributed by atoms with Gasteiger partial charge in [0.2, 0.25) is 0 Å². The van der Waals surface area contributed by atoms with E-state index in [9.17, 15) is 0 Å². The molecule has 0 saturated carbocycles. The second-order valence-corrected chi connectivity index (χ2v) is 7.11. The highest BCUT2D eigenvalue weighted by Crippen LogP contribution is 2.40. The van der Waals surface area contributed by atoms with E-state index < -0.39 is 0 Å². The van der Waals surface area contributed by atoms with Crippen LogP contribution in [-0.2, 0) is 12.8 Å². The summed E-state index contributed by atoms with van der Waals surface area (Å²) in [7, 11) is 0. The Morgan fingerprint density at radius 1 is 0.950 bits per heavy atom. The molecule has 4 rings (SSSR count). The van der Waals surface area contributed by atoms with Crippen molar-refractivity contribution in [3.05, 3.63) is 16.6 Å². The Labute approximate surface area is 124 Å². The fourth-order valence-electron chi connectivity index (χ4n) is 3.64. The summed E-state index contributed by atoms with van der Waals surface area (Å²) >= 11 is 1.88. The fourth-order valence-corrected chi connectivity index (χ4v) is 4.86. The molecule has 106 valence electrons. The number of thiophene rings is 1. The van der Waals surface area contributed by atoms with Crippen molar-refractivity contribution in [2.75, 3.05) is 18.0 Å². The second kappa shape index (κ2) is 5.32. The van der Waals surface area contributed by atoms with Gasteiger partial charge in [-0.1, -0.05) is 12.8 Å². The Bertz CT molecular complexity index is 611. The molecule has 4 heteroatoms. The molecule has 0 radical (unpaired) electrons. The molecule has 2 aromatic rings. The molecule has 2 aromatic heterocycles. The lowest BCUT2D eigenvalue weighted by Gasteiger charge is -2.23. The molecule has 0 bridgehead atoms. The minimum absolute atomic E-state index is 1.17. The van der Waals surface area contributed by atoms with Crippen LogP contribution in [0.15, 0.2) is 6.20 Å². The molecule has 0 amide bonds. The summed E-state index contributed by atoms with van der Waals surface area (Å²) in [6.45, 7) is 2.37. The molecular weight excluding hydrogens is 266 g/mol. The van der Waals surface area contributed by atoms with Crippen molar-refractivity contribution in [2.45, 2.75) is 51.4 Å². The first-order valence-corrected chi connectivity index (χ1v) is 8.76. The van der Waals surface area contributed by atoms with Crippen molar-refractivity contribution >= 4 is 27.2 Å². The van der Waals surface area contributed by atoms with Gasteiger partial charge in [-0.3, -0.25) is 0 Å². The summed E-state index contributed by atoms with van der Waals surface area (Å²) in [6, 6.07) is 0. The van der Waals surface area contributed by atoms with Crippen LogP contribution < -0.4 is 4.90 Å². The number of hydrogen-bond donors (Lipinski definition) is 0. The average Bonchev–Trinajstić information content (AvgIpc) is 2.68. The SMILES string of the molecule is c1nnc2sc3c(c2c1N1CCCCCC1)CCCC3. The van der Waals surface area contributed by atoms with Crippen molar-refractivity contribution in [1.29, 1.82) is 0 Å². The molecule has 0 atom stereocenters. The molecule has 0 aromatic carbocycles. The van der Waals surface area contributed by atoms with Gasteiger partial charge in [0.1, 0.15) is 4.83 Å². The molecule has 3 nitrogen and oxygen atoms in total. The summed E-state index contributed by atoms with van der Waals surface area (Å²) in [5, 5.41) is 10.1. The third-order valence-corrected chi connectivity index (χ3v) is 5.86. The lowest BCUT2D eigenvalue weighted by Crippen LogP contribution is -2.24. The van der Waals surface area contributed by atoms with Gasteiger partial charge in [0, 0.05) is 23.4 Å². The van der Waals surface area contributed by atoms with Crippen LogP contribution in [0.25, 0.3) is 10.2 Å². The van der Waals surface area contributed by atoms with E-state index in [2.05, 4.69) is 15.1 Å². The van der Waals surface area contributed by atoms with Gasteiger partial charge in [-0.25, -0.2) is 0 Å². The third kappa shape index (κ3) is 2.10. The van der Waals surface area contributed by atoms with Crippen LogP contribution in [0.5, 0.6) is 0 Å². The van der Waals surface area contributed by atoms with Crippen LogP contribution >= 0.6 is 11.3 Å². The number of anilines is 1. The van der Waals surface area contributed by atoms with Gasteiger partial charge in [0.25, 0.3) is 0 Å². The van der Waals surface area contributed by atoms with E-state index in [-0.39, 0.29) is 0 Å². The number of fused-ring (bicyclic) bond motifs is 3. The van der Waals surface area contributed by atoms with E-state index in [1.165, 1.54) is 80.4 Å². The van der Waals surface area contributed by atoms with Gasteiger partial charge in [0.05, 0.1) is 11.9 Å². The number of nitrogens with zero attached hydrogens (tertiary/aromatic N) is 3. The minimum Gasteiger partial charge on any atom is -0.370 e. The molecule has 0 spiro atoms. The van der Waals surface area contributed by atoms with Gasteiger partial charge in [-0.15, -0.1) is 16.4 Å². The topological polar surface area (TPSA) is 29.0 Å². The largest absolute Gasteiger partial charge is 0.370 e. The molecule has 0 N–H and O–H groups in total.